The Hall–Kier alpha value is -2.18. The number of nitrogens with zero attached hydrogens (tertiary/aromatic N) is 3. The fourth-order valence-electron chi connectivity index (χ4n) is 1.56. The summed E-state index contributed by atoms with van der Waals surface area (Å²) in [5, 5.41) is 2.93. The maximum atomic E-state index is 12.1. The van der Waals surface area contributed by atoms with E-state index in [1.807, 2.05) is 12.1 Å². The van der Waals surface area contributed by atoms with Gasteiger partial charge in [-0.1, -0.05) is 6.07 Å². The zero-order valence-corrected chi connectivity index (χ0v) is 10.6. The molecule has 1 N–H and O–H groups in total. The van der Waals surface area contributed by atoms with Crippen molar-refractivity contribution in [3.05, 3.63) is 48.0 Å². The maximum Gasteiger partial charge on any atom is 0.389 e. The molecule has 4 nitrogen and oxygen atoms in total. The van der Waals surface area contributed by atoms with Crippen molar-refractivity contribution in [2.45, 2.75) is 25.6 Å². The molecule has 0 aromatic carbocycles. The van der Waals surface area contributed by atoms with Gasteiger partial charge in [0.15, 0.2) is 0 Å². The fourth-order valence-corrected chi connectivity index (χ4v) is 1.56. The molecule has 0 bridgehead atoms. The number of hydrogen-bond donors (Lipinski definition) is 1. The molecule has 0 aliphatic rings. The second-order valence-electron chi connectivity index (χ2n) is 4.16. The number of pyridine rings is 1. The van der Waals surface area contributed by atoms with Crippen LogP contribution in [0, 0.1) is 0 Å². The van der Waals surface area contributed by atoms with Gasteiger partial charge in [0, 0.05) is 24.5 Å². The Bertz CT molecular complexity index is 543. The van der Waals surface area contributed by atoms with Gasteiger partial charge in [0.05, 0.1) is 12.2 Å². The molecule has 2 aromatic heterocycles. The number of aromatic nitrogens is 3. The first kappa shape index (κ1) is 14.2. The number of aryl methyl sites for hydroxylation is 1. The van der Waals surface area contributed by atoms with Gasteiger partial charge < -0.3 is 5.32 Å². The van der Waals surface area contributed by atoms with Crippen LogP contribution in [-0.2, 0) is 13.0 Å². The van der Waals surface area contributed by atoms with Crippen molar-refractivity contribution in [3.63, 3.8) is 0 Å². The Morgan fingerprint density at radius 1 is 1.00 bits per heavy atom. The molecule has 7 heteroatoms. The van der Waals surface area contributed by atoms with Crippen LogP contribution < -0.4 is 5.32 Å². The lowest BCUT2D eigenvalue weighted by Gasteiger charge is -2.07. The topological polar surface area (TPSA) is 50.7 Å². The van der Waals surface area contributed by atoms with Crippen LogP contribution in [-0.4, -0.2) is 21.1 Å². The lowest BCUT2D eigenvalue weighted by atomic mass is 10.2. The van der Waals surface area contributed by atoms with Gasteiger partial charge in [0.2, 0.25) is 5.95 Å². The zero-order valence-electron chi connectivity index (χ0n) is 10.6. The predicted molar refractivity (Wildman–Crippen MR) is 68.0 cm³/mol. The molecule has 0 radical (unpaired) electrons. The van der Waals surface area contributed by atoms with Crippen LogP contribution in [0.2, 0.25) is 0 Å². The summed E-state index contributed by atoms with van der Waals surface area (Å²) in [5.74, 6) is 0.301. The van der Waals surface area contributed by atoms with Crippen molar-refractivity contribution in [2.75, 3.05) is 5.32 Å². The third-order valence-electron chi connectivity index (χ3n) is 2.53. The summed E-state index contributed by atoms with van der Waals surface area (Å²) in [4.78, 5) is 12.1. The Morgan fingerprint density at radius 3 is 2.55 bits per heavy atom. The van der Waals surface area contributed by atoms with E-state index in [1.165, 1.54) is 12.3 Å². The normalized spacial score (nSPS) is 11.3. The first-order chi connectivity index (χ1) is 9.53. The van der Waals surface area contributed by atoms with E-state index < -0.39 is 12.6 Å². The van der Waals surface area contributed by atoms with E-state index in [1.54, 1.807) is 12.3 Å². The van der Waals surface area contributed by atoms with Crippen molar-refractivity contribution in [2.24, 2.45) is 0 Å². The highest BCUT2D eigenvalue weighted by atomic mass is 19.4. The molecule has 2 aromatic rings. The van der Waals surface area contributed by atoms with Crippen LogP contribution >= 0.6 is 0 Å². The molecule has 0 spiro atoms. The van der Waals surface area contributed by atoms with Gasteiger partial charge in [-0.2, -0.15) is 13.2 Å². The lowest BCUT2D eigenvalue weighted by molar-refractivity contribution is -0.134. The van der Waals surface area contributed by atoms with Crippen LogP contribution in [0.15, 0.2) is 36.7 Å². The van der Waals surface area contributed by atoms with E-state index in [9.17, 15) is 13.2 Å². The van der Waals surface area contributed by atoms with Gasteiger partial charge in [0.1, 0.15) is 0 Å². The summed E-state index contributed by atoms with van der Waals surface area (Å²) < 4.78 is 36.4. The second kappa shape index (κ2) is 6.31. The Morgan fingerprint density at radius 2 is 1.85 bits per heavy atom. The molecule has 0 amide bonds. The number of alkyl halides is 3. The van der Waals surface area contributed by atoms with Crippen molar-refractivity contribution in [1.29, 1.82) is 0 Å². The Kier molecular flexibility index (Phi) is 4.49. The molecule has 0 aliphatic heterocycles. The minimum atomic E-state index is -4.17. The molecule has 106 valence electrons. The SMILES string of the molecule is FC(F)(F)CCc1ccnc(NCc2ccccn2)n1. The number of rotatable bonds is 5. The van der Waals surface area contributed by atoms with E-state index in [0.717, 1.165) is 5.69 Å². The Balaban J connectivity index is 1.92. The smallest absolute Gasteiger partial charge is 0.349 e. The quantitative estimate of drug-likeness (QED) is 0.916. The molecule has 2 rings (SSSR count). The maximum absolute atomic E-state index is 12.1. The Labute approximate surface area is 114 Å². The molecule has 20 heavy (non-hydrogen) atoms. The van der Waals surface area contributed by atoms with Crippen LogP contribution in [0.3, 0.4) is 0 Å². The lowest BCUT2D eigenvalue weighted by Crippen LogP contribution is -2.10. The molecule has 0 atom stereocenters. The van der Waals surface area contributed by atoms with E-state index in [2.05, 4.69) is 20.3 Å². The summed E-state index contributed by atoms with van der Waals surface area (Å²) >= 11 is 0. The highest BCUT2D eigenvalue weighted by molar-refractivity contribution is 5.26. The molecule has 2 heterocycles. The third-order valence-corrected chi connectivity index (χ3v) is 2.53. The second-order valence-corrected chi connectivity index (χ2v) is 4.16. The summed E-state index contributed by atoms with van der Waals surface area (Å²) in [6.45, 7) is 0.420. The highest BCUT2D eigenvalue weighted by Gasteiger charge is 2.26. The molecular weight excluding hydrogens is 269 g/mol. The molecule has 0 aliphatic carbocycles. The summed E-state index contributed by atoms with van der Waals surface area (Å²) in [5.41, 5.74) is 1.16. The standard InChI is InChI=1S/C13H13F3N4/c14-13(15,16)6-4-10-5-8-18-12(20-10)19-9-11-3-1-2-7-17-11/h1-3,5,7-8H,4,6,9H2,(H,18,19,20). The minimum absolute atomic E-state index is 0.149. The largest absolute Gasteiger partial charge is 0.389 e. The van der Waals surface area contributed by atoms with Gasteiger partial charge in [-0.25, -0.2) is 9.97 Å². The molecule has 0 unspecified atom stereocenters. The third kappa shape index (κ3) is 4.83. The minimum Gasteiger partial charge on any atom is -0.349 e. The molecule has 0 fully saturated rings. The highest BCUT2D eigenvalue weighted by Crippen LogP contribution is 2.21. The molecular formula is C13H13F3N4. The number of anilines is 1. The van der Waals surface area contributed by atoms with Gasteiger partial charge in [0.25, 0.3) is 0 Å². The van der Waals surface area contributed by atoms with Gasteiger partial charge in [-0.3, -0.25) is 4.98 Å². The van der Waals surface area contributed by atoms with Crippen LogP contribution in [0.25, 0.3) is 0 Å². The van der Waals surface area contributed by atoms with E-state index >= 15 is 0 Å². The van der Waals surface area contributed by atoms with Gasteiger partial charge in [-0.05, 0) is 24.6 Å². The van der Waals surface area contributed by atoms with Crippen molar-refractivity contribution in [3.8, 4) is 0 Å². The number of hydrogen-bond acceptors (Lipinski definition) is 4. The average Bonchev–Trinajstić information content (AvgIpc) is 2.44. The van der Waals surface area contributed by atoms with Crippen molar-refractivity contribution in [1.82, 2.24) is 15.0 Å². The summed E-state index contributed by atoms with van der Waals surface area (Å²) in [6.07, 6.45) is -2.10. The molecule has 0 saturated heterocycles. The summed E-state index contributed by atoms with van der Waals surface area (Å²) in [7, 11) is 0. The molecule has 0 saturated carbocycles. The van der Waals surface area contributed by atoms with Crippen molar-refractivity contribution < 1.29 is 13.2 Å². The first-order valence-electron chi connectivity index (χ1n) is 6.05. The number of halogens is 3. The van der Waals surface area contributed by atoms with Gasteiger partial charge in [-0.15, -0.1) is 0 Å². The van der Waals surface area contributed by atoms with Crippen molar-refractivity contribution >= 4 is 5.95 Å². The van der Waals surface area contributed by atoms with E-state index in [4.69, 9.17) is 0 Å². The summed E-state index contributed by atoms with van der Waals surface area (Å²) in [6, 6.07) is 6.97. The number of nitrogens with one attached hydrogen (secondary N) is 1. The van der Waals surface area contributed by atoms with Crippen LogP contribution in [0.5, 0.6) is 0 Å². The van der Waals surface area contributed by atoms with Crippen LogP contribution in [0.4, 0.5) is 19.1 Å². The van der Waals surface area contributed by atoms with Crippen LogP contribution in [0.1, 0.15) is 17.8 Å². The average molecular weight is 282 g/mol. The van der Waals surface area contributed by atoms with Gasteiger partial charge >= 0.3 is 6.18 Å². The predicted octanol–water partition coefficient (Wildman–Crippen LogP) is 2.98. The monoisotopic (exact) mass is 282 g/mol. The van der Waals surface area contributed by atoms with E-state index in [-0.39, 0.29) is 6.42 Å². The van der Waals surface area contributed by atoms with E-state index in [0.29, 0.717) is 18.2 Å². The zero-order chi connectivity index (χ0) is 14.4. The first-order valence-corrected chi connectivity index (χ1v) is 6.05. The fraction of sp³-hybridized carbons (Fsp3) is 0.308.